The number of hydrogen-bond donors (Lipinski definition) is 0. The number of amides is 1. The van der Waals surface area contributed by atoms with Gasteiger partial charge in [-0.05, 0) is 38.0 Å². The zero-order chi connectivity index (χ0) is 20.1. The van der Waals surface area contributed by atoms with Gasteiger partial charge in [-0.3, -0.25) is 14.2 Å². The molecule has 0 aliphatic heterocycles. The van der Waals surface area contributed by atoms with Crippen molar-refractivity contribution in [2.24, 2.45) is 0 Å². The van der Waals surface area contributed by atoms with Gasteiger partial charge in [0.15, 0.2) is 0 Å². The number of benzene rings is 2. The van der Waals surface area contributed by atoms with Gasteiger partial charge in [-0.2, -0.15) is 0 Å². The van der Waals surface area contributed by atoms with E-state index in [0.29, 0.717) is 18.8 Å². The monoisotopic (exact) mass is 375 g/mol. The van der Waals surface area contributed by atoms with E-state index in [1.165, 1.54) is 10.6 Å². The smallest absolute Gasteiger partial charge is 0.254 e. The molecule has 0 saturated carbocycles. The maximum Gasteiger partial charge on any atom is 0.254 e. The molecule has 1 heterocycles. The third kappa shape index (κ3) is 4.19. The molecule has 5 heteroatoms. The van der Waals surface area contributed by atoms with Crippen LogP contribution >= 0.6 is 0 Å². The molecular weight excluding hydrogens is 350 g/mol. The van der Waals surface area contributed by atoms with Gasteiger partial charge in [-0.1, -0.05) is 49.4 Å². The zero-order valence-corrected chi connectivity index (χ0v) is 16.6. The van der Waals surface area contributed by atoms with Crippen LogP contribution < -0.4 is 10.5 Å². The fourth-order valence-electron chi connectivity index (χ4n) is 3.21. The Hall–Kier alpha value is -3.21. The second-order valence-electron chi connectivity index (χ2n) is 6.69. The molecule has 0 spiro atoms. The van der Waals surface area contributed by atoms with Crippen LogP contribution in [0, 0.1) is 6.92 Å². The molecule has 0 fully saturated rings. The number of aromatic nitrogens is 2. The molecule has 2 aromatic carbocycles. The Bertz CT molecular complexity index is 1030. The lowest BCUT2D eigenvalue weighted by atomic mass is 10.2. The molecule has 0 N–H and O–H groups in total. The normalized spacial score (nSPS) is 10.7. The molecule has 0 aliphatic rings. The van der Waals surface area contributed by atoms with E-state index >= 15 is 0 Å². The summed E-state index contributed by atoms with van der Waals surface area (Å²) in [4.78, 5) is 32.2. The van der Waals surface area contributed by atoms with Crippen molar-refractivity contribution >= 4 is 11.6 Å². The van der Waals surface area contributed by atoms with Crippen molar-refractivity contribution in [3.63, 3.8) is 0 Å². The average molecular weight is 375 g/mol. The molecule has 0 unspecified atom stereocenters. The van der Waals surface area contributed by atoms with E-state index in [-0.39, 0.29) is 18.0 Å². The second-order valence-corrected chi connectivity index (χ2v) is 6.69. The SMILES string of the molecule is CCc1cc(=O)n(CC(=O)N(CC)c2cccc(C)c2)c(-c2ccccc2)n1. The molecule has 0 bridgehead atoms. The van der Waals surface area contributed by atoms with Crippen molar-refractivity contribution in [1.29, 1.82) is 0 Å². The van der Waals surface area contributed by atoms with Gasteiger partial charge in [0, 0.05) is 29.6 Å². The largest absolute Gasteiger partial charge is 0.311 e. The summed E-state index contributed by atoms with van der Waals surface area (Å²) in [5.74, 6) is 0.386. The summed E-state index contributed by atoms with van der Waals surface area (Å²) < 4.78 is 1.47. The predicted octanol–water partition coefficient (Wildman–Crippen LogP) is 3.83. The molecule has 0 radical (unpaired) electrons. The molecule has 144 valence electrons. The Morgan fingerprint density at radius 1 is 1.04 bits per heavy atom. The van der Waals surface area contributed by atoms with Gasteiger partial charge in [0.25, 0.3) is 5.56 Å². The topological polar surface area (TPSA) is 55.2 Å². The number of carbonyl (C=O) groups excluding carboxylic acids is 1. The van der Waals surface area contributed by atoms with Crippen LogP contribution in [0.15, 0.2) is 65.5 Å². The van der Waals surface area contributed by atoms with E-state index in [9.17, 15) is 9.59 Å². The molecule has 1 aromatic heterocycles. The van der Waals surface area contributed by atoms with E-state index < -0.39 is 0 Å². The van der Waals surface area contributed by atoms with E-state index in [4.69, 9.17) is 0 Å². The minimum atomic E-state index is -0.209. The number of anilines is 1. The van der Waals surface area contributed by atoms with Crippen LogP contribution in [-0.2, 0) is 17.8 Å². The number of aryl methyl sites for hydroxylation is 2. The van der Waals surface area contributed by atoms with Gasteiger partial charge in [-0.25, -0.2) is 4.98 Å². The van der Waals surface area contributed by atoms with Gasteiger partial charge in [0.1, 0.15) is 12.4 Å². The molecule has 5 nitrogen and oxygen atoms in total. The molecule has 0 atom stereocenters. The Morgan fingerprint density at radius 3 is 2.43 bits per heavy atom. The highest BCUT2D eigenvalue weighted by Crippen LogP contribution is 2.19. The van der Waals surface area contributed by atoms with Gasteiger partial charge in [0.05, 0.1) is 0 Å². The Balaban J connectivity index is 2.01. The summed E-state index contributed by atoms with van der Waals surface area (Å²) >= 11 is 0. The minimum absolute atomic E-state index is 0.0537. The van der Waals surface area contributed by atoms with E-state index in [0.717, 1.165) is 22.5 Å². The van der Waals surface area contributed by atoms with E-state index in [2.05, 4.69) is 4.98 Å². The van der Waals surface area contributed by atoms with Gasteiger partial charge in [-0.15, -0.1) is 0 Å². The average Bonchev–Trinajstić information content (AvgIpc) is 2.70. The summed E-state index contributed by atoms with van der Waals surface area (Å²) in [6.07, 6.45) is 0.661. The third-order valence-electron chi connectivity index (χ3n) is 4.68. The lowest BCUT2D eigenvalue weighted by molar-refractivity contribution is -0.119. The van der Waals surface area contributed by atoms with Crippen LogP contribution in [0.2, 0.25) is 0 Å². The number of nitrogens with zero attached hydrogens (tertiary/aromatic N) is 3. The van der Waals surface area contributed by atoms with Crippen LogP contribution in [0.1, 0.15) is 25.1 Å². The predicted molar refractivity (Wildman–Crippen MR) is 113 cm³/mol. The lowest BCUT2D eigenvalue weighted by Crippen LogP contribution is -2.37. The third-order valence-corrected chi connectivity index (χ3v) is 4.68. The lowest BCUT2D eigenvalue weighted by Gasteiger charge is -2.23. The first-order chi connectivity index (χ1) is 13.5. The van der Waals surface area contributed by atoms with Crippen LogP contribution in [0.5, 0.6) is 0 Å². The molecule has 1 amide bonds. The second kappa shape index (κ2) is 8.65. The highest BCUT2D eigenvalue weighted by molar-refractivity contribution is 5.93. The standard InChI is InChI=1S/C23H25N3O2/c1-4-19-15-21(27)26(23(24-19)18-11-7-6-8-12-18)16-22(28)25(5-2)20-13-9-10-17(3)14-20/h6-15H,4-5,16H2,1-3H3. The summed E-state index contributed by atoms with van der Waals surface area (Å²) in [6, 6.07) is 18.8. The number of rotatable bonds is 6. The Labute approximate surface area is 165 Å². The molecule has 3 aromatic rings. The Kier molecular flexibility index (Phi) is 6.04. The maximum atomic E-state index is 13.1. The molecular formula is C23H25N3O2. The minimum Gasteiger partial charge on any atom is -0.311 e. The van der Waals surface area contributed by atoms with Crippen molar-refractivity contribution in [2.75, 3.05) is 11.4 Å². The fourth-order valence-corrected chi connectivity index (χ4v) is 3.21. The highest BCUT2D eigenvalue weighted by Gasteiger charge is 2.18. The van der Waals surface area contributed by atoms with Gasteiger partial charge < -0.3 is 4.90 Å². The van der Waals surface area contributed by atoms with Crippen molar-refractivity contribution in [3.05, 3.63) is 82.3 Å². The fraction of sp³-hybridized carbons (Fsp3) is 0.261. The summed E-state index contributed by atoms with van der Waals surface area (Å²) in [6.45, 7) is 6.36. The Morgan fingerprint density at radius 2 is 1.79 bits per heavy atom. The molecule has 3 rings (SSSR count). The van der Waals surface area contributed by atoms with Crippen LogP contribution in [-0.4, -0.2) is 22.0 Å². The number of carbonyl (C=O) groups is 1. The zero-order valence-electron chi connectivity index (χ0n) is 16.6. The summed E-state index contributed by atoms with van der Waals surface area (Å²) in [5.41, 5.74) is 3.25. The van der Waals surface area contributed by atoms with Gasteiger partial charge >= 0.3 is 0 Å². The summed E-state index contributed by atoms with van der Waals surface area (Å²) in [5, 5.41) is 0. The van der Waals surface area contributed by atoms with Crippen LogP contribution in [0.3, 0.4) is 0 Å². The van der Waals surface area contributed by atoms with E-state index in [1.807, 2.05) is 75.4 Å². The number of likely N-dealkylation sites (N-methyl/N-ethyl adjacent to an activating group) is 1. The van der Waals surface area contributed by atoms with E-state index in [1.54, 1.807) is 4.90 Å². The number of hydrogen-bond acceptors (Lipinski definition) is 3. The van der Waals surface area contributed by atoms with Crippen molar-refractivity contribution in [3.8, 4) is 11.4 Å². The molecule has 28 heavy (non-hydrogen) atoms. The first kappa shape index (κ1) is 19.5. The van der Waals surface area contributed by atoms with Crippen LogP contribution in [0.4, 0.5) is 5.69 Å². The van der Waals surface area contributed by atoms with Gasteiger partial charge in [0.2, 0.25) is 5.91 Å². The molecule has 0 aliphatic carbocycles. The maximum absolute atomic E-state index is 13.1. The van der Waals surface area contributed by atoms with Crippen molar-refractivity contribution in [1.82, 2.24) is 9.55 Å². The molecule has 0 saturated heterocycles. The van der Waals surface area contributed by atoms with Crippen LogP contribution in [0.25, 0.3) is 11.4 Å². The first-order valence-corrected chi connectivity index (χ1v) is 9.56. The quantitative estimate of drug-likeness (QED) is 0.658. The first-order valence-electron chi connectivity index (χ1n) is 9.56. The summed E-state index contributed by atoms with van der Waals surface area (Å²) in [7, 11) is 0. The van der Waals surface area contributed by atoms with Crippen molar-refractivity contribution in [2.45, 2.75) is 33.7 Å². The highest BCUT2D eigenvalue weighted by atomic mass is 16.2. The van der Waals surface area contributed by atoms with Crippen molar-refractivity contribution < 1.29 is 4.79 Å².